The zero-order valence-corrected chi connectivity index (χ0v) is 19.1. The maximum Gasteiger partial charge on any atom is 0.243 e. The molecule has 1 heterocycles. The van der Waals surface area contributed by atoms with Crippen LogP contribution in [0.5, 0.6) is 5.75 Å². The van der Waals surface area contributed by atoms with Gasteiger partial charge in [-0.3, -0.25) is 4.79 Å². The lowest BCUT2D eigenvalue weighted by Crippen LogP contribution is -2.41. The zero-order valence-electron chi connectivity index (χ0n) is 18.3. The quantitative estimate of drug-likeness (QED) is 0.720. The van der Waals surface area contributed by atoms with E-state index >= 15 is 0 Å². The van der Waals surface area contributed by atoms with Crippen molar-refractivity contribution in [3.05, 3.63) is 53.6 Å². The molecule has 1 N–H and O–H groups in total. The van der Waals surface area contributed by atoms with Crippen LogP contribution in [0.2, 0.25) is 0 Å². The summed E-state index contributed by atoms with van der Waals surface area (Å²) in [5, 5.41) is 12.2. The number of rotatable bonds is 6. The summed E-state index contributed by atoms with van der Waals surface area (Å²) in [6.07, 6.45) is 2.70. The third-order valence-electron chi connectivity index (χ3n) is 6.50. The molecule has 2 aromatic carbocycles. The molecule has 1 amide bonds. The number of anilines is 1. The van der Waals surface area contributed by atoms with Crippen molar-refractivity contribution in [3.63, 3.8) is 0 Å². The monoisotopic (exact) mass is 453 g/mol. The number of hydrogen-bond donors (Lipinski definition) is 1. The van der Waals surface area contributed by atoms with Gasteiger partial charge in [0.2, 0.25) is 15.9 Å². The number of sulfonamides is 1. The Kier molecular flexibility index (Phi) is 5.97. The Morgan fingerprint density at radius 2 is 1.81 bits per heavy atom. The minimum absolute atomic E-state index is 0.100. The van der Waals surface area contributed by atoms with E-state index in [1.165, 1.54) is 4.31 Å². The van der Waals surface area contributed by atoms with E-state index in [4.69, 9.17) is 4.74 Å². The van der Waals surface area contributed by atoms with Crippen LogP contribution >= 0.6 is 0 Å². The van der Waals surface area contributed by atoms with E-state index in [9.17, 15) is 18.5 Å². The fraction of sp³-hybridized carbons (Fsp3) is 0.417. The first-order valence-electron chi connectivity index (χ1n) is 10.8. The third kappa shape index (κ3) is 4.23. The van der Waals surface area contributed by atoms with Gasteiger partial charge in [-0.2, -0.15) is 9.57 Å². The zero-order chi connectivity index (χ0) is 22.9. The predicted octanol–water partition coefficient (Wildman–Crippen LogP) is 3.60. The second-order valence-corrected chi connectivity index (χ2v) is 10.5. The molecule has 0 atom stereocenters. The van der Waals surface area contributed by atoms with Crippen LogP contribution in [0.15, 0.2) is 47.4 Å². The van der Waals surface area contributed by atoms with Gasteiger partial charge in [-0.25, -0.2) is 8.42 Å². The van der Waals surface area contributed by atoms with Gasteiger partial charge in [0.05, 0.1) is 23.5 Å². The molecule has 168 valence electrons. The Hall–Kier alpha value is -2.89. The molecule has 2 aromatic rings. The van der Waals surface area contributed by atoms with Crippen molar-refractivity contribution >= 4 is 21.6 Å². The molecule has 7 nitrogen and oxygen atoms in total. The van der Waals surface area contributed by atoms with Crippen molar-refractivity contribution in [2.75, 3.05) is 25.5 Å². The molecule has 2 aliphatic rings. The Bertz CT molecular complexity index is 1160. The summed E-state index contributed by atoms with van der Waals surface area (Å²) < 4.78 is 32.7. The standard InChI is InChI=1S/C24H27N3O4S/c1-17-15-21(7-8-22(17)31-2)32(29,30)27-13-9-18(10-14-27)23(28)26-20-5-3-19(4-6-20)24(16-25)11-12-24/h3-8,15,18H,9-14H2,1-2H3,(H,26,28). The number of hydrogen-bond acceptors (Lipinski definition) is 5. The highest BCUT2D eigenvalue weighted by Gasteiger charge is 2.44. The van der Waals surface area contributed by atoms with Gasteiger partial charge in [0.1, 0.15) is 5.75 Å². The van der Waals surface area contributed by atoms with E-state index in [0.29, 0.717) is 37.4 Å². The average Bonchev–Trinajstić information content (AvgIpc) is 3.61. The van der Waals surface area contributed by atoms with Gasteiger partial charge in [-0.1, -0.05) is 12.1 Å². The number of aryl methyl sites for hydroxylation is 1. The molecule has 4 rings (SSSR count). The number of nitrogens with one attached hydrogen (secondary N) is 1. The van der Waals surface area contributed by atoms with Crippen molar-refractivity contribution in [2.45, 2.75) is 42.9 Å². The summed E-state index contributed by atoms with van der Waals surface area (Å²) in [4.78, 5) is 13.0. The van der Waals surface area contributed by atoms with Crippen molar-refractivity contribution in [1.29, 1.82) is 5.26 Å². The molecule has 1 saturated carbocycles. The second kappa shape index (κ2) is 8.57. The second-order valence-electron chi connectivity index (χ2n) is 8.57. The number of methoxy groups -OCH3 is 1. The molecule has 0 aromatic heterocycles. The fourth-order valence-electron chi connectivity index (χ4n) is 4.23. The van der Waals surface area contributed by atoms with Gasteiger partial charge in [-0.15, -0.1) is 0 Å². The molecule has 0 spiro atoms. The predicted molar refractivity (Wildman–Crippen MR) is 121 cm³/mol. The molecule has 8 heteroatoms. The highest BCUT2D eigenvalue weighted by Crippen LogP contribution is 2.47. The molecule has 2 fully saturated rings. The lowest BCUT2D eigenvalue weighted by atomic mass is 9.96. The van der Waals surface area contributed by atoms with Crippen LogP contribution in [0.1, 0.15) is 36.8 Å². The van der Waals surface area contributed by atoms with Crippen LogP contribution in [-0.2, 0) is 20.2 Å². The van der Waals surface area contributed by atoms with E-state index in [2.05, 4.69) is 11.4 Å². The largest absolute Gasteiger partial charge is 0.496 e. The normalized spacial score (nSPS) is 18.5. The third-order valence-corrected chi connectivity index (χ3v) is 8.39. The van der Waals surface area contributed by atoms with Gasteiger partial charge < -0.3 is 10.1 Å². The maximum absolute atomic E-state index is 13.0. The van der Waals surface area contributed by atoms with E-state index in [0.717, 1.165) is 24.0 Å². The van der Waals surface area contributed by atoms with Gasteiger partial charge in [-0.05, 0) is 74.1 Å². The lowest BCUT2D eigenvalue weighted by Gasteiger charge is -2.30. The smallest absolute Gasteiger partial charge is 0.243 e. The molecular formula is C24H27N3O4S. The average molecular weight is 454 g/mol. The Morgan fingerprint density at radius 3 is 2.34 bits per heavy atom. The summed E-state index contributed by atoms with van der Waals surface area (Å²) in [6.45, 7) is 2.41. The molecular weight excluding hydrogens is 426 g/mol. The number of piperidine rings is 1. The highest BCUT2D eigenvalue weighted by molar-refractivity contribution is 7.89. The van der Waals surface area contributed by atoms with Gasteiger partial charge in [0.15, 0.2) is 0 Å². The summed E-state index contributed by atoms with van der Waals surface area (Å²) in [6, 6.07) is 14.7. The molecule has 32 heavy (non-hydrogen) atoms. The Labute approximate surface area is 189 Å². The van der Waals surface area contributed by atoms with Gasteiger partial charge in [0.25, 0.3) is 0 Å². The topological polar surface area (TPSA) is 99.5 Å². The Morgan fingerprint density at radius 1 is 1.16 bits per heavy atom. The van der Waals surface area contributed by atoms with Crippen molar-refractivity contribution < 1.29 is 17.9 Å². The molecule has 0 radical (unpaired) electrons. The van der Waals surface area contributed by atoms with Gasteiger partial charge in [0, 0.05) is 24.7 Å². The van der Waals surface area contributed by atoms with Crippen LogP contribution in [-0.4, -0.2) is 38.8 Å². The highest BCUT2D eigenvalue weighted by atomic mass is 32.2. The van der Waals surface area contributed by atoms with E-state index < -0.39 is 10.0 Å². The van der Waals surface area contributed by atoms with E-state index in [-0.39, 0.29) is 22.1 Å². The number of ether oxygens (including phenoxy) is 1. The summed E-state index contributed by atoms with van der Waals surface area (Å²) in [5.41, 5.74) is 2.10. The van der Waals surface area contributed by atoms with Crippen LogP contribution in [0.4, 0.5) is 5.69 Å². The number of nitrogens with zero attached hydrogens (tertiary/aromatic N) is 2. The SMILES string of the molecule is COc1ccc(S(=O)(=O)N2CCC(C(=O)Nc3ccc(C4(C#N)CC4)cc3)CC2)cc1C. The molecule has 0 bridgehead atoms. The number of carbonyl (C=O) groups is 1. The summed E-state index contributed by atoms with van der Waals surface area (Å²) in [7, 11) is -2.06. The first kappa shape index (κ1) is 22.3. The van der Waals surface area contributed by atoms with Crippen LogP contribution in [0, 0.1) is 24.2 Å². The first-order chi connectivity index (χ1) is 15.3. The molecule has 1 aliphatic carbocycles. The van der Waals surface area contributed by atoms with Crippen LogP contribution in [0.3, 0.4) is 0 Å². The summed E-state index contributed by atoms with van der Waals surface area (Å²) >= 11 is 0. The van der Waals surface area contributed by atoms with Crippen molar-refractivity contribution in [3.8, 4) is 11.8 Å². The van der Waals surface area contributed by atoms with E-state index in [1.54, 1.807) is 25.3 Å². The lowest BCUT2D eigenvalue weighted by molar-refractivity contribution is -0.120. The van der Waals surface area contributed by atoms with E-state index in [1.807, 2.05) is 31.2 Å². The Balaban J connectivity index is 1.35. The van der Waals surface area contributed by atoms with Crippen molar-refractivity contribution in [1.82, 2.24) is 4.31 Å². The number of carbonyl (C=O) groups excluding carboxylic acids is 1. The molecule has 1 saturated heterocycles. The minimum Gasteiger partial charge on any atom is -0.496 e. The van der Waals surface area contributed by atoms with Crippen molar-refractivity contribution in [2.24, 2.45) is 5.92 Å². The summed E-state index contributed by atoms with van der Waals surface area (Å²) in [5.74, 6) is 0.302. The molecule has 0 unspecified atom stereocenters. The maximum atomic E-state index is 13.0. The minimum atomic E-state index is -3.61. The number of benzene rings is 2. The van der Waals surface area contributed by atoms with Gasteiger partial charge >= 0.3 is 0 Å². The van der Waals surface area contributed by atoms with Crippen LogP contribution in [0.25, 0.3) is 0 Å². The van der Waals surface area contributed by atoms with Crippen LogP contribution < -0.4 is 10.1 Å². The fourth-order valence-corrected chi connectivity index (χ4v) is 5.78. The number of nitriles is 1. The molecule has 1 aliphatic heterocycles. The number of amides is 1. The first-order valence-corrected chi connectivity index (χ1v) is 12.2.